The Labute approximate surface area is 247 Å². The van der Waals surface area contributed by atoms with Gasteiger partial charge in [0, 0.05) is 36.3 Å². The molecule has 0 saturated heterocycles. The second-order valence-corrected chi connectivity index (χ2v) is 12.6. The fourth-order valence-corrected chi connectivity index (χ4v) is 7.09. The lowest BCUT2D eigenvalue weighted by Crippen LogP contribution is -2.35. The summed E-state index contributed by atoms with van der Waals surface area (Å²) in [6, 6.07) is 20.4. The number of nitrogens with one attached hydrogen (secondary N) is 1. The number of hydrogen-bond acceptors (Lipinski definition) is 6. The maximum Gasteiger partial charge on any atom is 0.330 e. The molecule has 0 amide bonds. The molecular formula is C33H37N3O5S. The van der Waals surface area contributed by atoms with Crippen molar-refractivity contribution in [2.24, 2.45) is 0 Å². The molecule has 4 aromatic rings. The van der Waals surface area contributed by atoms with Crippen molar-refractivity contribution in [3.63, 3.8) is 0 Å². The number of hydrogen-bond donors (Lipinski definition) is 1. The lowest BCUT2D eigenvalue weighted by Gasteiger charge is -2.29. The van der Waals surface area contributed by atoms with Crippen molar-refractivity contribution in [1.29, 1.82) is 0 Å². The third-order valence-electron chi connectivity index (χ3n) is 7.69. The summed E-state index contributed by atoms with van der Waals surface area (Å²) in [4.78, 5) is 17.1. The van der Waals surface area contributed by atoms with Crippen LogP contribution in [0.1, 0.15) is 34.7 Å². The summed E-state index contributed by atoms with van der Waals surface area (Å²) in [5.41, 5.74) is 5.07. The lowest BCUT2D eigenvalue weighted by molar-refractivity contribution is -0.134. The smallest absolute Gasteiger partial charge is 0.330 e. The van der Waals surface area contributed by atoms with Crippen LogP contribution in [0.2, 0.25) is 0 Å². The summed E-state index contributed by atoms with van der Waals surface area (Å²) in [5.74, 6) is 0.219. The number of nitrogens with zero attached hydrogens (tertiary/aromatic N) is 2. The second-order valence-electron chi connectivity index (χ2n) is 10.7. The van der Waals surface area contributed by atoms with Crippen LogP contribution in [0, 0.1) is 0 Å². The molecule has 1 unspecified atom stereocenters. The number of sulfonamides is 1. The van der Waals surface area contributed by atoms with E-state index in [2.05, 4.69) is 11.1 Å². The van der Waals surface area contributed by atoms with Crippen molar-refractivity contribution in [3.05, 3.63) is 101 Å². The number of H-pyrrole nitrogens is 1. The highest BCUT2D eigenvalue weighted by Crippen LogP contribution is 2.40. The number of ether oxygens (including phenoxy) is 2. The molecule has 0 bridgehead atoms. The Morgan fingerprint density at radius 3 is 2.60 bits per heavy atom. The van der Waals surface area contributed by atoms with Crippen LogP contribution in [0.4, 0.5) is 0 Å². The fraction of sp³-hybridized carbons (Fsp3) is 0.303. The molecule has 1 aliphatic rings. The van der Waals surface area contributed by atoms with Crippen LogP contribution in [0.25, 0.3) is 17.0 Å². The molecule has 42 heavy (non-hydrogen) atoms. The molecule has 1 aliphatic carbocycles. The van der Waals surface area contributed by atoms with Gasteiger partial charge in [-0.05, 0) is 92.0 Å². The highest BCUT2D eigenvalue weighted by Gasteiger charge is 2.36. The molecule has 0 spiro atoms. The van der Waals surface area contributed by atoms with E-state index in [0.29, 0.717) is 31.7 Å². The summed E-state index contributed by atoms with van der Waals surface area (Å²) in [5, 5.41) is 1.10. The Kier molecular flexibility index (Phi) is 9.11. The predicted molar refractivity (Wildman–Crippen MR) is 165 cm³/mol. The van der Waals surface area contributed by atoms with Crippen molar-refractivity contribution in [3.8, 4) is 5.75 Å². The van der Waals surface area contributed by atoms with Gasteiger partial charge in [0.1, 0.15) is 12.4 Å². The monoisotopic (exact) mass is 587 g/mol. The SMILES string of the molecule is COC(=O)/C=C/c1ccc2c(c1)CCC2N(CCc1c[nH]c2ccccc12)S(=O)(=O)c1ccc(OCCN(C)C)cc1. The van der Waals surface area contributed by atoms with Gasteiger partial charge in [0.2, 0.25) is 10.0 Å². The van der Waals surface area contributed by atoms with Crippen LogP contribution in [0.15, 0.2) is 83.9 Å². The van der Waals surface area contributed by atoms with Crippen LogP contribution < -0.4 is 4.74 Å². The van der Waals surface area contributed by atoms with Crippen LogP contribution in [-0.4, -0.2) is 69.5 Å². The number of methoxy groups -OCH3 is 1. The Balaban J connectivity index is 1.44. The zero-order chi connectivity index (χ0) is 29.7. The first kappa shape index (κ1) is 29.6. The molecule has 3 aromatic carbocycles. The van der Waals surface area contributed by atoms with Gasteiger partial charge in [-0.1, -0.05) is 36.4 Å². The molecule has 8 nitrogen and oxygen atoms in total. The van der Waals surface area contributed by atoms with E-state index in [-0.39, 0.29) is 10.9 Å². The van der Waals surface area contributed by atoms with Crippen molar-refractivity contribution in [2.45, 2.75) is 30.2 Å². The standard InChI is InChI=1S/C33H37N3O5S/c1-35(2)20-21-41-27-11-13-28(14-12-27)42(38,39)36(19-18-26-23-34-31-7-5-4-6-29(26)31)32-16-10-25-22-24(8-15-30(25)32)9-17-33(37)40-3/h4-9,11-15,17,22-23,32,34H,10,16,18-21H2,1-3H3/b17-9+. The summed E-state index contributed by atoms with van der Waals surface area (Å²) in [7, 11) is 1.46. The third-order valence-corrected chi connectivity index (χ3v) is 9.61. The molecule has 5 rings (SSSR count). The van der Waals surface area contributed by atoms with Crippen LogP contribution in [-0.2, 0) is 32.4 Å². The molecule has 1 aromatic heterocycles. The summed E-state index contributed by atoms with van der Waals surface area (Å²) in [6.07, 6.45) is 7.07. The maximum atomic E-state index is 14.3. The van der Waals surface area contributed by atoms with E-state index >= 15 is 0 Å². The number of aromatic amines is 1. The maximum absolute atomic E-state index is 14.3. The Morgan fingerprint density at radius 2 is 1.83 bits per heavy atom. The number of benzene rings is 3. The molecule has 0 radical (unpaired) electrons. The van der Waals surface area contributed by atoms with E-state index in [4.69, 9.17) is 9.47 Å². The third kappa shape index (κ3) is 6.59. The van der Waals surface area contributed by atoms with Gasteiger partial charge in [0.05, 0.1) is 18.0 Å². The zero-order valence-electron chi connectivity index (χ0n) is 24.2. The predicted octanol–water partition coefficient (Wildman–Crippen LogP) is 5.22. The van der Waals surface area contributed by atoms with Crippen molar-refractivity contribution < 1.29 is 22.7 Å². The Hall–Kier alpha value is -3.92. The van der Waals surface area contributed by atoms with Crippen LogP contribution in [0.5, 0.6) is 5.75 Å². The Morgan fingerprint density at radius 1 is 1.05 bits per heavy atom. The normalized spacial score (nSPS) is 15.1. The van der Waals surface area contributed by atoms with Gasteiger partial charge >= 0.3 is 5.97 Å². The van der Waals surface area contributed by atoms with Crippen LogP contribution >= 0.6 is 0 Å². The first-order valence-corrected chi connectivity index (χ1v) is 15.5. The van der Waals surface area contributed by atoms with E-state index in [1.807, 2.05) is 61.6 Å². The van der Waals surface area contributed by atoms with Crippen molar-refractivity contribution in [1.82, 2.24) is 14.2 Å². The van der Waals surface area contributed by atoms with Gasteiger partial charge in [-0.15, -0.1) is 0 Å². The highest BCUT2D eigenvalue weighted by molar-refractivity contribution is 7.89. The van der Waals surface area contributed by atoms with Gasteiger partial charge < -0.3 is 19.4 Å². The average molecular weight is 588 g/mol. The molecule has 9 heteroatoms. The van der Waals surface area contributed by atoms with Crippen molar-refractivity contribution in [2.75, 3.05) is 40.9 Å². The number of aryl methyl sites for hydroxylation is 1. The number of esters is 1. The first-order chi connectivity index (χ1) is 20.3. The molecule has 1 atom stereocenters. The van der Waals surface area contributed by atoms with Gasteiger partial charge in [0.25, 0.3) is 0 Å². The molecule has 0 saturated carbocycles. The number of rotatable bonds is 12. The number of carbonyl (C=O) groups excluding carboxylic acids is 1. The molecule has 0 fully saturated rings. The number of aromatic nitrogens is 1. The minimum absolute atomic E-state index is 0.243. The zero-order valence-corrected chi connectivity index (χ0v) is 25.1. The van der Waals surface area contributed by atoms with Crippen LogP contribution in [0.3, 0.4) is 0 Å². The van der Waals surface area contributed by atoms with E-state index in [0.717, 1.165) is 46.1 Å². The molecule has 0 aliphatic heterocycles. The highest BCUT2D eigenvalue weighted by atomic mass is 32.2. The molecule has 1 N–H and O–H groups in total. The largest absolute Gasteiger partial charge is 0.492 e. The Bertz CT molecular complexity index is 1680. The molecular weight excluding hydrogens is 550 g/mol. The molecule has 1 heterocycles. The first-order valence-electron chi connectivity index (χ1n) is 14.1. The summed E-state index contributed by atoms with van der Waals surface area (Å²) in [6.45, 7) is 1.62. The summed E-state index contributed by atoms with van der Waals surface area (Å²) < 4.78 is 40.7. The quantitative estimate of drug-likeness (QED) is 0.181. The van der Waals surface area contributed by atoms with E-state index in [9.17, 15) is 13.2 Å². The van der Waals surface area contributed by atoms with E-state index in [1.54, 1.807) is 34.6 Å². The van der Waals surface area contributed by atoms with E-state index < -0.39 is 16.0 Å². The van der Waals surface area contributed by atoms with Gasteiger partial charge in [-0.25, -0.2) is 13.2 Å². The van der Waals surface area contributed by atoms with E-state index in [1.165, 1.54) is 13.2 Å². The summed E-state index contributed by atoms with van der Waals surface area (Å²) >= 11 is 0. The second kappa shape index (κ2) is 12.9. The molecule has 220 valence electrons. The number of carbonyl (C=O) groups is 1. The topological polar surface area (TPSA) is 91.9 Å². The number of para-hydroxylation sites is 1. The van der Waals surface area contributed by atoms with Gasteiger partial charge in [-0.3, -0.25) is 0 Å². The van der Waals surface area contributed by atoms with Gasteiger partial charge in [0.15, 0.2) is 0 Å². The fourth-order valence-electron chi connectivity index (χ4n) is 5.45. The number of fused-ring (bicyclic) bond motifs is 2. The lowest BCUT2D eigenvalue weighted by atomic mass is 10.0. The minimum Gasteiger partial charge on any atom is -0.492 e. The average Bonchev–Trinajstić information content (AvgIpc) is 3.60. The minimum atomic E-state index is -3.84. The van der Waals surface area contributed by atoms with Gasteiger partial charge in [-0.2, -0.15) is 4.31 Å². The number of likely N-dealkylation sites (N-methyl/N-ethyl adjacent to an activating group) is 1. The van der Waals surface area contributed by atoms with Crippen molar-refractivity contribution >= 4 is 33.0 Å².